The Morgan fingerprint density at radius 2 is 1.16 bits per heavy atom. The van der Waals surface area contributed by atoms with Crippen molar-refractivity contribution >= 4 is 0 Å². The summed E-state index contributed by atoms with van der Waals surface area (Å²) in [6, 6.07) is 36.2. The van der Waals surface area contributed by atoms with Crippen LogP contribution < -0.4 is 0 Å². The molecule has 32 heavy (non-hydrogen) atoms. The van der Waals surface area contributed by atoms with E-state index in [2.05, 4.69) is 97.1 Å². The first-order valence-electron chi connectivity index (χ1n) is 12.1. The lowest BCUT2D eigenvalue weighted by atomic mass is 9.64. The topological polar surface area (TPSA) is 0 Å². The Kier molecular flexibility index (Phi) is 4.95. The average Bonchev–Trinajstić information content (AvgIpc) is 2.84. The number of benzene rings is 4. The molecule has 0 aromatic heterocycles. The van der Waals surface area contributed by atoms with Gasteiger partial charge in [-0.15, -0.1) is 0 Å². The van der Waals surface area contributed by atoms with Crippen LogP contribution in [0.4, 0.5) is 0 Å². The Bertz CT molecular complexity index is 1190. The maximum absolute atomic E-state index is 2.46. The summed E-state index contributed by atoms with van der Waals surface area (Å²) in [4.78, 5) is 0. The lowest BCUT2D eigenvalue weighted by molar-refractivity contribution is 0.240. The van der Waals surface area contributed by atoms with Crippen LogP contribution in [0.25, 0.3) is 11.1 Å². The van der Waals surface area contributed by atoms with Gasteiger partial charge in [0.25, 0.3) is 0 Å². The highest BCUT2D eigenvalue weighted by atomic mass is 14.4. The van der Waals surface area contributed by atoms with Crippen LogP contribution in [0, 0.1) is 5.41 Å². The molecule has 0 heterocycles. The zero-order valence-electron chi connectivity index (χ0n) is 18.7. The normalized spacial score (nSPS) is 16.0. The van der Waals surface area contributed by atoms with Gasteiger partial charge in [0.1, 0.15) is 0 Å². The lowest BCUT2D eigenvalue weighted by Crippen LogP contribution is -2.34. The van der Waals surface area contributed by atoms with Crippen molar-refractivity contribution in [3.05, 3.63) is 130 Å². The van der Waals surface area contributed by atoms with Crippen LogP contribution >= 0.6 is 0 Å². The molecule has 0 saturated carbocycles. The largest absolute Gasteiger partial charge is 0.0622 e. The molecule has 0 unspecified atom stereocenters. The summed E-state index contributed by atoms with van der Waals surface area (Å²) in [5, 5.41) is 0. The quantitative estimate of drug-likeness (QED) is 0.326. The summed E-state index contributed by atoms with van der Waals surface area (Å²) < 4.78 is 0. The molecule has 4 aromatic carbocycles. The van der Waals surface area contributed by atoms with Gasteiger partial charge in [0, 0.05) is 0 Å². The third-order valence-corrected chi connectivity index (χ3v) is 7.79. The first kappa shape index (κ1) is 19.6. The van der Waals surface area contributed by atoms with Crippen LogP contribution in [-0.4, -0.2) is 0 Å². The fourth-order valence-corrected chi connectivity index (χ4v) is 6.32. The molecule has 4 aromatic rings. The van der Waals surface area contributed by atoms with Gasteiger partial charge in [0.2, 0.25) is 0 Å². The third-order valence-electron chi connectivity index (χ3n) is 7.79. The smallest absolute Gasteiger partial charge is 0.0146 e. The molecule has 158 valence electrons. The van der Waals surface area contributed by atoms with Crippen LogP contribution in [0.15, 0.2) is 97.1 Å². The van der Waals surface area contributed by atoms with E-state index in [-0.39, 0.29) is 5.41 Å². The molecular weight excluding hydrogens is 384 g/mol. The average molecular weight is 415 g/mol. The minimum atomic E-state index is 0.288. The van der Waals surface area contributed by atoms with Crippen molar-refractivity contribution in [3.63, 3.8) is 0 Å². The Morgan fingerprint density at radius 1 is 0.500 bits per heavy atom. The number of hydrogen-bond donors (Lipinski definition) is 0. The van der Waals surface area contributed by atoms with Crippen LogP contribution in [-0.2, 0) is 38.5 Å². The molecule has 0 aliphatic heterocycles. The molecule has 0 heteroatoms. The van der Waals surface area contributed by atoms with Gasteiger partial charge < -0.3 is 0 Å². The summed E-state index contributed by atoms with van der Waals surface area (Å²) in [6.45, 7) is 0. The van der Waals surface area contributed by atoms with Crippen molar-refractivity contribution < 1.29 is 0 Å². The SMILES string of the molecule is c1ccc(CC2(Cc3ccccc3)CCc3c(ccc4c3CCc3ccccc3-4)C2)cc1. The van der Waals surface area contributed by atoms with Gasteiger partial charge in [0.05, 0.1) is 0 Å². The molecule has 0 amide bonds. The van der Waals surface area contributed by atoms with Gasteiger partial charge in [-0.05, 0) is 94.9 Å². The first-order chi connectivity index (χ1) is 15.8. The molecule has 0 radical (unpaired) electrons. The second kappa shape index (κ2) is 8.10. The molecule has 6 rings (SSSR count). The monoisotopic (exact) mass is 414 g/mol. The minimum absolute atomic E-state index is 0.288. The summed E-state index contributed by atoms with van der Waals surface area (Å²) in [6.07, 6.45) is 8.34. The van der Waals surface area contributed by atoms with E-state index >= 15 is 0 Å². The van der Waals surface area contributed by atoms with Gasteiger partial charge in [-0.2, -0.15) is 0 Å². The van der Waals surface area contributed by atoms with Crippen LogP contribution in [0.3, 0.4) is 0 Å². The molecule has 0 fully saturated rings. The van der Waals surface area contributed by atoms with E-state index in [1.54, 1.807) is 16.7 Å². The van der Waals surface area contributed by atoms with E-state index in [1.807, 2.05) is 0 Å². The molecule has 0 bridgehead atoms. The maximum Gasteiger partial charge on any atom is -0.0146 e. The summed E-state index contributed by atoms with van der Waals surface area (Å²) in [5.74, 6) is 0. The summed E-state index contributed by atoms with van der Waals surface area (Å²) in [5.41, 5.74) is 12.6. The van der Waals surface area contributed by atoms with E-state index in [0.717, 1.165) is 12.8 Å². The van der Waals surface area contributed by atoms with E-state index < -0.39 is 0 Å². The highest BCUT2D eigenvalue weighted by molar-refractivity contribution is 5.75. The molecule has 0 spiro atoms. The highest BCUT2D eigenvalue weighted by Crippen LogP contribution is 2.45. The molecule has 0 atom stereocenters. The standard InChI is InChI=1S/C32H30/c1-3-9-24(10-4-1)21-32(22-25-11-5-2-6-12-25)20-19-29-27(23-32)16-18-30-28-14-8-7-13-26(28)15-17-31(29)30/h1-14,16,18H,15,17,19-23H2. The Balaban J connectivity index is 1.39. The molecule has 0 saturated heterocycles. The number of fused-ring (bicyclic) bond motifs is 5. The van der Waals surface area contributed by atoms with Crippen molar-refractivity contribution in [1.29, 1.82) is 0 Å². The van der Waals surface area contributed by atoms with Crippen LogP contribution in [0.5, 0.6) is 0 Å². The Hall–Kier alpha value is -3.12. The third kappa shape index (κ3) is 3.58. The van der Waals surface area contributed by atoms with Crippen molar-refractivity contribution in [3.8, 4) is 11.1 Å². The number of rotatable bonds is 4. The maximum atomic E-state index is 2.46. The van der Waals surface area contributed by atoms with Crippen molar-refractivity contribution in [2.75, 3.05) is 0 Å². The molecule has 0 nitrogen and oxygen atoms in total. The van der Waals surface area contributed by atoms with E-state index in [4.69, 9.17) is 0 Å². The van der Waals surface area contributed by atoms with Crippen LogP contribution in [0.1, 0.15) is 39.8 Å². The zero-order chi connectivity index (χ0) is 21.4. The van der Waals surface area contributed by atoms with Crippen molar-refractivity contribution in [2.24, 2.45) is 5.41 Å². The summed E-state index contributed by atoms with van der Waals surface area (Å²) in [7, 11) is 0. The molecule has 2 aliphatic rings. The summed E-state index contributed by atoms with van der Waals surface area (Å²) >= 11 is 0. The fraction of sp³-hybridized carbons (Fsp3) is 0.250. The van der Waals surface area contributed by atoms with Crippen molar-refractivity contribution in [2.45, 2.75) is 44.9 Å². The van der Waals surface area contributed by atoms with Gasteiger partial charge in [-0.3, -0.25) is 0 Å². The fourth-order valence-electron chi connectivity index (χ4n) is 6.32. The second-order valence-electron chi connectivity index (χ2n) is 9.89. The van der Waals surface area contributed by atoms with E-state index in [1.165, 1.54) is 59.9 Å². The van der Waals surface area contributed by atoms with E-state index in [9.17, 15) is 0 Å². The van der Waals surface area contributed by atoms with E-state index in [0.29, 0.717) is 0 Å². The predicted octanol–water partition coefficient (Wildman–Crippen LogP) is 7.41. The number of aryl methyl sites for hydroxylation is 1. The van der Waals surface area contributed by atoms with Gasteiger partial charge in [-0.1, -0.05) is 97.1 Å². The second-order valence-corrected chi connectivity index (χ2v) is 9.89. The lowest BCUT2D eigenvalue weighted by Gasteiger charge is -2.40. The first-order valence-corrected chi connectivity index (χ1v) is 12.1. The van der Waals surface area contributed by atoms with Crippen LogP contribution in [0.2, 0.25) is 0 Å². The predicted molar refractivity (Wildman–Crippen MR) is 134 cm³/mol. The Morgan fingerprint density at radius 3 is 1.88 bits per heavy atom. The van der Waals surface area contributed by atoms with Crippen molar-refractivity contribution in [1.82, 2.24) is 0 Å². The van der Waals surface area contributed by atoms with Gasteiger partial charge in [0.15, 0.2) is 0 Å². The zero-order valence-corrected chi connectivity index (χ0v) is 18.7. The number of hydrogen-bond acceptors (Lipinski definition) is 0. The molecule has 2 aliphatic carbocycles. The molecular formula is C32H30. The van der Waals surface area contributed by atoms with Gasteiger partial charge >= 0.3 is 0 Å². The highest BCUT2D eigenvalue weighted by Gasteiger charge is 2.36. The minimum Gasteiger partial charge on any atom is -0.0622 e. The molecule has 0 N–H and O–H groups in total. The van der Waals surface area contributed by atoms with Gasteiger partial charge in [-0.25, -0.2) is 0 Å². The Labute approximate surface area is 192 Å².